The van der Waals surface area contributed by atoms with Gasteiger partial charge in [-0.3, -0.25) is 13.9 Å². The standard InChI is InChI=1S/C33H34N2O3S/c36-24-30-23-34(21-22-35(30)32(26-13-5-1-6-14-26)27-15-7-2-8-16-27)31(37)25-39(38)33(28-17-9-3-10-18-28)29-19-11-4-12-20-29/h1-20,30,32-33,36H,21-25H2. The van der Waals surface area contributed by atoms with Gasteiger partial charge in [0.2, 0.25) is 5.91 Å². The van der Waals surface area contributed by atoms with E-state index in [1.165, 1.54) is 0 Å². The lowest BCUT2D eigenvalue weighted by molar-refractivity contribution is -0.132. The Balaban J connectivity index is 1.33. The quantitative estimate of drug-likeness (QED) is 0.332. The minimum Gasteiger partial charge on any atom is -0.395 e. The highest BCUT2D eigenvalue weighted by Crippen LogP contribution is 2.32. The molecule has 0 aromatic heterocycles. The second-order valence-electron chi connectivity index (χ2n) is 9.86. The highest BCUT2D eigenvalue weighted by atomic mass is 32.2. The third-order valence-corrected chi connectivity index (χ3v) is 8.99. The van der Waals surface area contributed by atoms with Crippen molar-refractivity contribution in [3.8, 4) is 0 Å². The molecule has 1 saturated heterocycles. The third kappa shape index (κ3) is 6.36. The number of piperazine rings is 1. The molecule has 0 aliphatic carbocycles. The summed E-state index contributed by atoms with van der Waals surface area (Å²) in [6.07, 6.45) is 0. The van der Waals surface area contributed by atoms with Gasteiger partial charge in [0.15, 0.2) is 0 Å². The molecule has 1 heterocycles. The number of hydrogen-bond acceptors (Lipinski definition) is 4. The van der Waals surface area contributed by atoms with Crippen molar-refractivity contribution in [3.63, 3.8) is 0 Å². The van der Waals surface area contributed by atoms with Crippen LogP contribution in [0.15, 0.2) is 121 Å². The average molecular weight is 539 g/mol. The van der Waals surface area contributed by atoms with E-state index in [0.29, 0.717) is 19.6 Å². The van der Waals surface area contributed by atoms with Gasteiger partial charge in [-0.25, -0.2) is 0 Å². The van der Waals surface area contributed by atoms with Crippen LogP contribution in [-0.2, 0) is 15.6 Å². The Kier molecular flexibility index (Phi) is 8.99. The number of benzene rings is 4. The van der Waals surface area contributed by atoms with Crippen LogP contribution in [0.3, 0.4) is 0 Å². The zero-order valence-corrected chi connectivity index (χ0v) is 22.7. The molecule has 2 atom stereocenters. The molecular weight excluding hydrogens is 504 g/mol. The predicted octanol–water partition coefficient (Wildman–Crippen LogP) is 4.82. The second-order valence-corrected chi connectivity index (χ2v) is 11.4. The van der Waals surface area contributed by atoms with Gasteiger partial charge in [0.1, 0.15) is 5.75 Å². The van der Waals surface area contributed by atoms with Crippen molar-refractivity contribution in [1.29, 1.82) is 0 Å². The van der Waals surface area contributed by atoms with Crippen LogP contribution in [0, 0.1) is 0 Å². The lowest BCUT2D eigenvalue weighted by Gasteiger charge is -2.45. The Bertz CT molecular complexity index is 1270. The molecule has 1 amide bonds. The molecule has 1 aliphatic heterocycles. The zero-order valence-electron chi connectivity index (χ0n) is 21.9. The van der Waals surface area contributed by atoms with E-state index < -0.39 is 10.8 Å². The molecule has 0 spiro atoms. The maximum absolute atomic E-state index is 13.7. The highest BCUT2D eigenvalue weighted by Gasteiger charge is 2.35. The average Bonchev–Trinajstić information content (AvgIpc) is 3.00. The predicted molar refractivity (Wildman–Crippen MR) is 157 cm³/mol. The van der Waals surface area contributed by atoms with Gasteiger partial charge in [0, 0.05) is 30.4 Å². The van der Waals surface area contributed by atoms with Crippen molar-refractivity contribution in [3.05, 3.63) is 144 Å². The topological polar surface area (TPSA) is 60.9 Å². The van der Waals surface area contributed by atoms with E-state index in [1.807, 2.05) is 97.1 Å². The fourth-order valence-electron chi connectivity index (χ4n) is 5.49. The molecule has 39 heavy (non-hydrogen) atoms. The van der Waals surface area contributed by atoms with E-state index in [4.69, 9.17) is 0 Å². The fourth-order valence-corrected chi connectivity index (χ4v) is 7.01. The first-order chi connectivity index (χ1) is 19.2. The van der Waals surface area contributed by atoms with Crippen molar-refractivity contribution in [2.45, 2.75) is 17.3 Å². The maximum atomic E-state index is 13.7. The van der Waals surface area contributed by atoms with E-state index in [2.05, 4.69) is 29.2 Å². The molecular formula is C33H34N2O3S. The van der Waals surface area contributed by atoms with Crippen molar-refractivity contribution >= 4 is 16.7 Å². The summed E-state index contributed by atoms with van der Waals surface area (Å²) in [5, 5.41) is 10.0. The number of hydrogen-bond donors (Lipinski definition) is 1. The molecule has 200 valence electrons. The number of rotatable bonds is 9. The molecule has 6 heteroatoms. The Morgan fingerprint density at radius 3 is 1.59 bits per heavy atom. The normalized spacial score (nSPS) is 16.9. The molecule has 0 bridgehead atoms. The van der Waals surface area contributed by atoms with Crippen LogP contribution in [0.1, 0.15) is 33.5 Å². The van der Waals surface area contributed by atoms with E-state index >= 15 is 0 Å². The van der Waals surface area contributed by atoms with Crippen LogP contribution < -0.4 is 0 Å². The molecule has 2 unspecified atom stereocenters. The van der Waals surface area contributed by atoms with Crippen LogP contribution in [0.25, 0.3) is 0 Å². The van der Waals surface area contributed by atoms with Crippen LogP contribution >= 0.6 is 0 Å². The largest absolute Gasteiger partial charge is 0.395 e. The summed E-state index contributed by atoms with van der Waals surface area (Å²) in [5.41, 5.74) is 4.16. The molecule has 1 aliphatic rings. The zero-order chi connectivity index (χ0) is 27.0. The van der Waals surface area contributed by atoms with Gasteiger partial charge in [-0.1, -0.05) is 121 Å². The maximum Gasteiger partial charge on any atom is 0.235 e. The lowest BCUT2D eigenvalue weighted by atomic mass is 9.94. The Labute approximate surface area is 233 Å². The number of carbonyl (C=O) groups excluding carboxylic acids is 1. The minimum absolute atomic E-state index is 0.0310. The minimum atomic E-state index is -1.45. The van der Waals surface area contributed by atoms with Crippen LogP contribution in [0.2, 0.25) is 0 Å². The van der Waals surface area contributed by atoms with E-state index in [1.54, 1.807) is 4.90 Å². The smallest absolute Gasteiger partial charge is 0.235 e. The monoisotopic (exact) mass is 538 g/mol. The lowest BCUT2D eigenvalue weighted by Crippen LogP contribution is -2.57. The molecule has 5 rings (SSSR count). The SMILES string of the molecule is O=C(CS(=O)C(c1ccccc1)c1ccccc1)N1CCN(C(c2ccccc2)c2ccccc2)C(CO)C1. The number of aliphatic hydroxyl groups excluding tert-OH is 1. The van der Waals surface area contributed by atoms with E-state index in [9.17, 15) is 14.1 Å². The summed E-state index contributed by atoms with van der Waals surface area (Å²) in [6, 6.07) is 39.8. The first-order valence-electron chi connectivity index (χ1n) is 13.4. The summed E-state index contributed by atoms with van der Waals surface area (Å²) >= 11 is 0. The van der Waals surface area contributed by atoms with Gasteiger partial charge in [-0.15, -0.1) is 0 Å². The van der Waals surface area contributed by atoms with Gasteiger partial charge in [0.05, 0.1) is 23.9 Å². The molecule has 0 saturated carbocycles. The van der Waals surface area contributed by atoms with Crippen LogP contribution in [0.5, 0.6) is 0 Å². The van der Waals surface area contributed by atoms with E-state index in [-0.39, 0.29) is 35.6 Å². The van der Waals surface area contributed by atoms with Crippen molar-refractivity contribution < 1.29 is 14.1 Å². The van der Waals surface area contributed by atoms with Crippen LogP contribution in [-0.4, -0.2) is 63.1 Å². The van der Waals surface area contributed by atoms with Gasteiger partial charge in [0.25, 0.3) is 0 Å². The Morgan fingerprint density at radius 2 is 1.15 bits per heavy atom. The van der Waals surface area contributed by atoms with Crippen molar-refractivity contribution in [2.75, 3.05) is 32.0 Å². The number of amides is 1. The Morgan fingerprint density at radius 1 is 0.718 bits per heavy atom. The molecule has 4 aromatic rings. The van der Waals surface area contributed by atoms with E-state index in [0.717, 1.165) is 22.3 Å². The molecule has 1 fully saturated rings. The third-order valence-electron chi connectivity index (χ3n) is 7.39. The van der Waals surface area contributed by atoms with Gasteiger partial charge in [-0.05, 0) is 22.3 Å². The summed E-state index contributed by atoms with van der Waals surface area (Å²) in [7, 11) is -1.45. The Hall–Kier alpha value is -3.58. The molecule has 4 aromatic carbocycles. The molecule has 1 N–H and O–H groups in total. The fraction of sp³-hybridized carbons (Fsp3) is 0.242. The van der Waals surface area contributed by atoms with Gasteiger partial charge in [-0.2, -0.15) is 0 Å². The molecule has 0 radical (unpaired) electrons. The summed E-state index contributed by atoms with van der Waals surface area (Å²) in [4.78, 5) is 17.6. The van der Waals surface area contributed by atoms with Gasteiger partial charge >= 0.3 is 0 Å². The van der Waals surface area contributed by atoms with Gasteiger partial charge < -0.3 is 10.0 Å². The highest BCUT2D eigenvalue weighted by molar-refractivity contribution is 7.86. The summed E-state index contributed by atoms with van der Waals surface area (Å²) in [6.45, 7) is 1.45. The van der Waals surface area contributed by atoms with Crippen molar-refractivity contribution in [1.82, 2.24) is 9.80 Å². The van der Waals surface area contributed by atoms with Crippen LogP contribution in [0.4, 0.5) is 0 Å². The molecule has 5 nitrogen and oxygen atoms in total. The second kappa shape index (κ2) is 13.0. The summed E-state index contributed by atoms with van der Waals surface area (Å²) in [5.74, 6) is -0.202. The number of carbonyl (C=O) groups is 1. The first kappa shape index (κ1) is 27.0. The van der Waals surface area contributed by atoms with Crippen molar-refractivity contribution in [2.24, 2.45) is 0 Å². The number of aliphatic hydroxyl groups is 1. The number of nitrogens with zero attached hydrogens (tertiary/aromatic N) is 2. The summed E-state index contributed by atoms with van der Waals surface area (Å²) < 4.78 is 13.7. The first-order valence-corrected chi connectivity index (χ1v) is 14.7.